The molecule has 3 heteroatoms. The van der Waals surface area contributed by atoms with E-state index in [-0.39, 0.29) is 17.5 Å². The normalized spacial score (nSPS) is 18.3. The van der Waals surface area contributed by atoms with E-state index in [9.17, 15) is 9.18 Å². The fourth-order valence-electron chi connectivity index (χ4n) is 2.86. The fraction of sp³-hybridized carbons (Fsp3) is 0.562. The van der Waals surface area contributed by atoms with Crippen LogP contribution in [0.15, 0.2) is 18.2 Å². The van der Waals surface area contributed by atoms with Gasteiger partial charge in [-0.3, -0.25) is 4.79 Å². The van der Waals surface area contributed by atoms with Gasteiger partial charge in [-0.2, -0.15) is 0 Å². The van der Waals surface area contributed by atoms with Gasteiger partial charge in [0.25, 0.3) is 0 Å². The molecule has 0 N–H and O–H groups in total. The summed E-state index contributed by atoms with van der Waals surface area (Å²) >= 11 is 0. The van der Waals surface area contributed by atoms with E-state index in [1.54, 1.807) is 26.2 Å². The van der Waals surface area contributed by atoms with Crippen molar-refractivity contribution in [1.29, 1.82) is 0 Å². The maximum absolute atomic E-state index is 13.6. The number of hydrogen-bond donors (Lipinski definition) is 0. The van der Waals surface area contributed by atoms with Crippen molar-refractivity contribution < 1.29 is 13.9 Å². The van der Waals surface area contributed by atoms with Gasteiger partial charge in [-0.15, -0.1) is 0 Å². The third-order valence-corrected chi connectivity index (χ3v) is 4.05. The summed E-state index contributed by atoms with van der Waals surface area (Å²) in [5.41, 5.74) is 0.976. The summed E-state index contributed by atoms with van der Waals surface area (Å²) in [5.74, 6) is -0.145. The number of Topliss-reactive ketones (excluding diaryl/α,β-unsaturated/α-hetero) is 1. The number of rotatable bonds is 4. The Bertz CT molecular complexity index is 450. The van der Waals surface area contributed by atoms with E-state index in [0.29, 0.717) is 11.1 Å². The second-order valence-electron chi connectivity index (χ2n) is 5.38. The first-order valence-corrected chi connectivity index (χ1v) is 6.96. The zero-order valence-corrected chi connectivity index (χ0v) is 11.6. The van der Waals surface area contributed by atoms with Crippen LogP contribution in [0.25, 0.3) is 0 Å². The molecule has 1 aliphatic carbocycles. The number of ether oxygens (including phenoxy) is 1. The predicted octanol–water partition coefficient (Wildman–Crippen LogP) is 3.91. The van der Waals surface area contributed by atoms with Gasteiger partial charge >= 0.3 is 0 Å². The molecule has 19 heavy (non-hydrogen) atoms. The Morgan fingerprint density at radius 2 is 2.00 bits per heavy atom. The van der Waals surface area contributed by atoms with Crippen molar-refractivity contribution >= 4 is 5.78 Å². The lowest BCUT2D eigenvalue weighted by Gasteiger charge is -2.28. The number of carbonyl (C=O) groups is 1. The molecule has 1 saturated carbocycles. The van der Waals surface area contributed by atoms with E-state index in [0.717, 1.165) is 25.7 Å². The van der Waals surface area contributed by atoms with Gasteiger partial charge in [-0.1, -0.05) is 31.4 Å². The van der Waals surface area contributed by atoms with Crippen molar-refractivity contribution in [2.75, 3.05) is 7.11 Å². The third kappa shape index (κ3) is 3.21. The minimum absolute atomic E-state index is 0.0895. The van der Waals surface area contributed by atoms with E-state index < -0.39 is 6.10 Å². The van der Waals surface area contributed by atoms with E-state index >= 15 is 0 Å². The molecule has 1 aromatic rings. The van der Waals surface area contributed by atoms with Crippen molar-refractivity contribution in [3.8, 4) is 0 Å². The minimum Gasteiger partial charge on any atom is -0.373 e. The molecular formula is C16H21FO2. The van der Waals surface area contributed by atoms with Gasteiger partial charge in [0.15, 0.2) is 5.78 Å². The Morgan fingerprint density at radius 1 is 1.32 bits per heavy atom. The van der Waals surface area contributed by atoms with Gasteiger partial charge in [0.2, 0.25) is 0 Å². The molecule has 1 aromatic carbocycles. The second kappa shape index (κ2) is 6.29. The molecule has 0 spiro atoms. The molecule has 104 valence electrons. The molecule has 2 nitrogen and oxygen atoms in total. The molecule has 1 unspecified atom stereocenters. The summed E-state index contributed by atoms with van der Waals surface area (Å²) in [6.07, 6.45) is 5.17. The van der Waals surface area contributed by atoms with Crippen LogP contribution in [0.2, 0.25) is 0 Å². The second-order valence-corrected chi connectivity index (χ2v) is 5.38. The maximum atomic E-state index is 13.6. The summed E-state index contributed by atoms with van der Waals surface area (Å²) < 4.78 is 19.0. The highest BCUT2D eigenvalue weighted by Crippen LogP contribution is 2.29. The summed E-state index contributed by atoms with van der Waals surface area (Å²) in [6.45, 7) is 1.69. The number of benzene rings is 1. The van der Waals surface area contributed by atoms with Crippen LogP contribution in [-0.2, 0) is 4.74 Å². The maximum Gasteiger partial charge on any atom is 0.191 e. The SMILES string of the molecule is COC(C(=O)c1ccc(C)c(F)c1)C1CCCCC1. The zero-order chi connectivity index (χ0) is 13.8. The van der Waals surface area contributed by atoms with Gasteiger partial charge in [0.1, 0.15) is 11.9 Å². The topological polar surface area (TPSA) is 26.3 Å². The molecular weight excluding hydrogens is 243 g/mol. The highest BCUT2D eigenvalue weighted by Gasteiger charge is 2.30. The first kappa shape index (κ1) is 14.2. The van der Waals surface area contributed by atoms with Gasteiger partial charge in [-0.25, -0.2) is 4.39 Å². The molecule has 0 aliphatic heterocycles. The van der Waals surface area contributed by atoms with Crippen LogP contribution in [-0.4, -0.2) is 19.0 Å². The van der Waals surface area contributed by atoms with Crippen LogP contribution in [0, 0.1) is 18.7 Å². The summed E-state index contributed by atoms with van der Waals surface area (Å²) in [4.78, 5) is 12.4. The van der Waals surface area contributed by atoms with Crippen molar-refractivity contribution in [3.63, 3.8) is 0 Å². The van der Waals surface area contributed by atoms with Crippen molar-refractivity contribution in [3.05, 3.63) is 35.1 Å². The smallest absolute Gasteiger partial charge is 0.191 e. The minimum atomic E-state index is -0.428. The van der Waals surface area contributed by atoms with Crippen LogP contribution in [0.3, 0.4) is 0 Å². The molecule has 1 aliphatic rings. The molecule has 0 heterocycles. The lowest BCUT2D eigenvalue weighted by Crippen LogP contribution is -2.33. The summed E-state index contributed by atoms with van der Waals surface area (Å²) in [5, 5.41) is 0. The fourth-order valence-corrected chi connectivity index (χ4v) is 2.86. The average molecular weight is 264 g/mol. The van der Waals surface area contributed by atoms with Crippen LogP contribution in [0.5, 0.6) is 0 Å². The number of halogens is 1. The summed E-state index contributed by atoms with van der Waals surface area (Å²) in [6, 6.07) is 4.66. The highest BCUT2D eigenvalue weighted by molar-refractivity contribution is 5.99. The van der Waals surface area contributed by atoms with Crippen molar-refractivity contribution in [2.24, 2.45) is 5.92 Å². The Labute approximate surface area is 114 Å². The quantitative estimate of drug-likeness (QED) is 0.771. The highest BCUT2D eigenvalue weighted by atomic mass is 19.1. The zero-order valence-electron chi connectivity index (χ0n) is 11.6. The Morgan fingerprint density at radius 3 is 2.58 bits per heavy atom. The number of ketones is 1. The van der Waals surface area contributed by atoms with Crippen LogP contribution in [0.4, 0.5) is 4.39 Å². The number of methoxy groups -OCH3 is 1. The lowest BCUT2D eigenvalue weighted by atomic mass is 9.82. The molecule has 0 amide bonds. The molecule has 2 rings (SSSR count). The van der Waals surface area contributed by atoms with E-state index in [1.807, 2.05) is 0 Å². The largest absolute Gasteiger partial charge is 0.373 e. The van der Waals surface area contributed by atoms with Gasteiger partial charge in [0, 0.05) is 12.7 Å². The monoisotopic (exact) mass is 264 g/mol. The number of aryl methyl sites for hydroxylation is 1. The molecule has 1 fully saturated rings. The van der Waals surface area contributed by atoms with E-state index in [1.165, 1.54) is 12.5 Å². The lowest BCUT2D eigenvalue weighted by molar-refractivity contribution is 0.0314. The number of carbonyl (C=O) groups excluding carboxylic acids is 1. The van der Waals surface area contributed by atoms with Gasteiger partial charge in [0.05, 0.1) is 0 Å². The summed E-state index contributed by atoms with van der Waals surface area (Å²) in [7, 11) is 1.57. The van der Waals surface area contributed by atoms with Crippen LogP contribution in [0.1, 0.15) is 48.0 Å². The molecule has 0 saturated heterocycles. The average Bonchev–Trinajstić information content (AvgIpc) is 2.44. The van der Waals surface area contributed by atoms with E-state index in [2.05, 4.69) is 0 Å². The molecule has 0 bridgehead atoms. The Kier molecular flexibility index (Phi) is 4.70. The molecule has 0 aromatic heterocycles. The van der Waals surface area contributed by atoms with Crippen molar-refractivity contribution in [2.45, 2.75) is 45.1 Å². The standard InChI is InChI=1S/C16H21FO2/c1-11-8-9-13(10-14(11)17)15(18)16(19-2)12-6-4-3-5-7-12/h8-10,12,16H,3-7H2,1-2H3. The van der Waals surface area contributed by atoms with Gasteiger partial charge in [-0.05, 0) is 37.3 Å². The van der Waals surface area contributed by atoms with Crippen LogP contribution >= 0.6 is 0 Å². The van der Waals surface area contributed by atoms with Crippen LogP contribution < -0.4 is 0 Å². The van der Waals surface area contributed by atoms with Crippen molar-refractivity contribution in [1.82, 2.24) is 0 Å². The first-order chi connectivity index (χ1) is 9.13. The molecule has 1 atom stereocenters. The predicted molar refractivity (Wildman–Crippen MR) is 72.8 cm³/mol. The Balaban J connectivity index is 2.17. The Hall–Kier alpha value is -1.22. The third-order valence-electron chi connectivity index (χ3n) is 4.05. The van der Waals surface area contributed by atoms with E-state index in [4.69, 9.17) is 4.74 Å². The van der Waals surface area contributed by atoms with Gasteiger partial charge < -0.3 is 4.74 Å². The number of hydrogen-bond acceptors (Lipinski definition) is 2. The first-order valence-electron chi connectivity index (χ1n) is 6.96. The molecule has 0 radical (unpaired) electrons.